The number of carbonyl (C=O) groups is 1. The van der Waals surface area contributed by atoms with Gasteiger partial charge in [0.15, 0.2) is 0 Å². The lowest BCUT2D eigenvalue weighted by atomic mass is 10.2. The molecule has 0 aromatic heterocycles. The molecule has 0 atom stereocenters. The van der Waals surface area contributed by atoms with E-state index in [-0.39, 0.29) is 12.5 Å². The zero-order valence-electron chi connectivity index (χ0n) is 13.6. The second kappa shape index (κ2) is 8.92. The number of nitrogen functional groups attached to an aromatic ring is 1. The first-order valence-corrected chi connectivity index (χ1v) is 8.55. The Morgan fingerprint density at radius 3 is 2.71 bits per heavy atom. The lowest BCUT2D eigenvalue weighted by molar-refractivity contribution is -0.117. The van der Waals surface area contributed by atoms with Crippen molar-refractivity contribution in [2.75, 3.05) is 24.1 Å². The minimum absolute atomic E-state index is 0.128. The van der Waals surface area contributed by atoms with Crippen molar-refractivity contribution in [1.29, 1.82) is 0 Å². The highest BCUT2D eigenvalue weighted by atomic mass is 35.5. The summed E-state index contributed by atoms with van der Waals surface area (Å²) in [7, 11) is 0. The van der Waals surface area contributed by atoms with Crippen LogP contribution < -0.4 is 11.1 Å². The lowest BCUT2D eigenvalue weighted by Gasteiger charge is -2.21. The third kappa shape index (κ3) is 5.71. The van der Waals surface area contributed by atoms with Gasteiger partial charge in [-0.2, -0.15) is 0 Å². The molecule has 2 rings (SSSR count). The first-order chi connectivity index (χ1) is 11.5. The van der Waals surface area contributed by atoms with E-state index >= 15 is 0 Å². The number of benzene rings is 2. The Bertz CT molecular complexity index is 706. The standard InChI is InChI=1S/C18H21Cl2N3O/c1-2-8-23(11-13-4-3-5-15(21)9-13)12-18(24)22-17-10-14(19)6-7-16(17)20/h3-7,9-10H,2,8,11-12,21H2,1H3,(H,22,24). The summed E-state index contributed by atoms with van der Waals surface area (Å²) in [4.78, 5) is 14.4. The number of halogens is 2. The zero-order chi connectivity index (χ0) is 17.5. The van der Waals surface area contributed by atoms with E-state index in [2.05, 4.69) is 17.1 Å². The highest BCUT2D eigenvalue weighted by molar-refractivity contribution is 6.35. The van der Waals surface area contributed by atoms with Crippen molar-refractivity contribution in [1.82, 2.24) is 4.90 Å². The summed E-state index contributed by atoms with van der Waals surface area (Å²) in [6.07, 6.45) is 0.952. The summed E-state index contributed by atoms with van der Waals surface area (Å²) in [5, 5.41) is 3.81. The maximum absolute atomic E-state index is 12.3. The summed E-state index contributed by atoms with van der Waals surface area (Å²) in [5.74, 6) is -0.128. The maximum atomic E-state index is 12.3. The molecule has 2 aromatic rings. The third-order valence-electron chi connectivity index (χ3n) is 3.47. The van der Waals surface area contributed by atoms with Crippen molar-refractivity contribution in [3.63, 3.8) is 0 Å². The molecular formula is C18H21Cl2N3O. The summed E-state index contributed by atoms with van der Waals surface area (Å²) in [6, 6.07) is 12.7. The Balaban J connectivity index is 2.01. The Morgan fingerprint density at radius 1 is 1.21 bits per heavy atom. The smallest absolute Gasteiger partial charge is 0.238 e. The van der Waals surface area contributed by atoms with Crippen molar-refractivity contribution >= 4 is 40.5 Å². The molecule has 0 spiro atoms. The van der Waals surface area contributed by atoms with E-state index in [0.717, 1.165) is 24.2 Å². The lowest BCUT2D eigenvalue weighted by Crippen LogP contribution is -2.33. The van der Waals surface area contributed by atoms with Gasteiger partial charge < -0.3 is 11.1 Å². The summed E-state index contributed by atoms with van der Waals surface area (Å²) in [5.41, 5.74) is 8.14. The number of nitrogens with zero attached hydrogens (tertiary/aromatic N) is 1. The molecular weight excluding hydrogens is 345 g/mol. The fourth-order valence-electron chi connectivity index (χ4n) is 2.47. The first-order valence-electron chi connectivity index (χ1n) is 7.79. The largest absolute Gasteiger partial charge is 0.399 e. The molecule has 1 amide bonds. The van der Waals surface area contributed by atoms with Crippen LogP contribution in [-0.4, -0.2) is 23.9 Å². The van der Waals surface area contributed by atoms with E-state index in [0.29, 0.717) is 22.3 Å². The van der Waals surface area contributed by atoms with E-state index in [1.54, 1.807) is 18.2 Å². The van der Waals surface area contributed by atoms with Crippen LogP contribution >= 0.6 is 23.2 Å². The highest BCUT2D eigenvalue weighted by Crippen LogP contribution is 2.25. The summed E-state index contributed by atoms with van der Waals surface area (Å²) in [6.45, 7) is 3.82. The molecule has 0 unspecified atom stereocenters. The average Bonchev–Trinajstić information content (AvgIpc) is 2.51. The Morgan fingerprint density at radius 2 is 2.00 bits per heavy atom. The monoisotopic (exact) mass is 365 g/mol. The fourth-order valence-corrected chi connectivity index (χ4v) is 2.80. The van der Waals surface area contributed by atoms with Gasteiger partial charge in [-0.1, -0.05) is 42.3 Å². The second-order valence-electron chi connectivity index (χ2n) is 5.63. The van der Waals surface area contributed by atoms with Crippen molar-refractivity contribution in [3.05, 3.63) is 58.1 Å². The minimum atomic E-state index is -0.128. The molecule has 128 valence electrons. The van der Waals surface area contributed by atoms with Crippen LogP contribution in [0.25, 0.3) is 0 Å². The van der Waals surface area contributed by atoms with Gasteiger partial charge in [-0.3, -0.25) is 9.69 Å². The molecule has 24 heavy (non-hydrogen) atoms. The van der Waals surface area contributed by atoms with E-state index < -0.39 is 0 Å². The molecule has 6 heteroatoms. The predicted molar refractivity (Wildman–Crippen MR) is 102 cm³/mol. The summed E-state index contributed by atoms with van der Waals surface area (Å²) < 4.78 is 0. The predicted octanol–water partition coefficient (Wildman–Crippen LogP) is 4.43. The van der Waals surface area contributed by atoms with Gasteiger partial charge in [0.25, 0.3) is 0 Å². The number of rotatable bonds is 7. The molecule has 4 nitrogen and oxygen atoms in total. The van der Waals surface area contributed by atoms with Gasteiger partial charge in [0, 0.05) is 17.3 Å². The second-order valence-corrected chi connectivity index (χ2v) is 6.47. The van der Waals surface area contributed by atoms with Crippen LogP contribution in [0.15, 0.2) is 42.5 Å². The van der Waals surface area contributed by atoms with E-state index in [4.69, 9.17) is 28.9 Å². The Hall–Kier alpha value is -1.75. The number of carbonyl (C=O) groups excluding carboxylic acids is 1. The van der Waals surface area contributed by atoms with Crippen molar-refractivity contribution in [2.45, 2.75) is 19.9 Å². The third-order valence-corrected chi connectivity index (χ3v) is 4.03. The van der Waals surface area contributed by atoms with Crippen LogP contribution in [0.5, 0.6) is 0 Å². The van der Waals surface area contributed by atoms with Gasteiger partial charge >= 0.3 is 0 Å². The molecule has 0 aliphatic rings. The van der Waals surface area contributed by atoms with Crippen LogP contribution in [0.2, 0.25) is 10.0 Å². The number of amides is 1. The van der Waals surface area contributed by atoms with Crippen molar-refractivity contribution < 1.29 is 4.79 Å². The molecule has 0 bridgehead atoms. The number of hydrogen-bond donors (Lipinski definition) is 2. The van der Waals surface area contributed by atoms with Crippen LogP contribution in [0, 0.1) is 0 Å². The van der Waals surface area contributed by atoms with Crippen molar-refractivity contribution in [3.8, 4) is 0 Å². The van der Waals surface area contributed by atoms with E-state index in [1.807, 2.05) is 24.3 Å². The normalized spacial score (nSPS) is 10.8. The van der Waals surface area contributed by atoms with E-state index in [1.165, 1.54) is 0 Å². The number of nitrogens with two attached hydrogens (primary N) is 1. The van der Waals surface area contributed by atoms with Crippen LogP contribution in [0.1, 0.15) is 18.9 Å². The van der Waals surface area contributed by atoms with Crippen LogP contribution in [-0.2, 0) is 11.3 Å². The average molecular weight is 366 g/mol. The number of nitrogens with one attached hydrogen (secondary N) is 1. The van der Waals surface area contributed by atoms with E-state index in [9.17, 15) is 4.79 Å². The minimum Gasteiger partial charge on any atom is -0.399 e. The highest BCUT2D eigenvalue weighted by Gasteiger charge is 2.12. The quantitative estimate of drug-likeness (QED) is 0.713. The Kier molecular flexibility index (Phi) is 6.91. The van der Waals surface area contributed by atoms with Crippen LogP contribution in [0.3, 0.4) is 0 Å². The van der Waals surface area contributed by atoms with Crippen molar-refractivity contribution in [2.24, 2.45) is 0 Å². The topological polar surface area (TPSA) is 58.4 Å². The van der Waals surface area contributed by atoms with Crippen LogP contribution in [0.4, 0.5) is 11.4 Å². The van der Waals surface area contributed by atoms with Gasteiger partial charge in [0.1, 0.15) is 0 Å². The SMILES string of the molecule is CCCN(CC(=O)Nc1cc(Cl)ccc1Cl)Cc1cccc(N)c1. The molecule has 0 fully saturated rings. The molecule has 0 radical (unpaired) electrons. The molecule has 0 saturated carbocycles. The van der Waals surface area contributed by atoms with Gasteiger partial charge in [0.2, 0.25) is 5.91 Å². The molecule has 0 heterocycles. The van der Waals surface area contributed by atoms with Gasteiger partial charge in [0.05, 0.1) is 17.3 Å². The molecule has 0 aliphatic heterocycles. The molecule has 3 N–H and O–H groups in total. The fraction of sp³-hybridized carbons (Fsp3) is 0.278. The molecule has 0 saturated heterocycles. The number of hydrogen-bond acceptors (Lipinski definition) is 3. The van der Waals surface area contributed by atoms with Gasteiger partial charge in [-0.05, 0) is 48.9 Å². The van der Waals surface area contributed by atoms with Gasteiger partial charge in [-0.15, -0.1) is 0 Å². The number of anilines is 2. The summed E-state index contributed by atoms with van der Waals surface area (Å²) >= 11 is 12.0. The first kappa shape index (κ1) is 18.6. The molecule has 2 aromatic carbocycles. The van der Waals surface area contributed by atoms with Gasteiger partial charge in [-0.25, -0.2) is 0 Å². The zero-order valence-corrected chi connectivity index (χ0v) is 15.1. The molecule has 0 aliphatic carbocycles. The maximum Gasteiger partial charge on any atom is 0.238 e. The Labute approximate surface area is 152 Å².